The van der Waals surface area contributed by atoms with E-state index in [1.165, 1.54) is 0 Å². The highest BCUT2D eigenvalue weighted by molar-refractivity contribution is 7.82. The van der Waals surface area contributed by atoms with E-state index in [2.05, 4.69) is 22.7 Å². The summed E-state index contributed by atoms with van der Waals surface area (Å²) < 4.78 is 3.76. The topological polar surface area (TPSA) is 55.4 Å². The van der Waals surface area contributed by atoms with Crippen molar-refractivity contribution in [3.63, 3.8) is 0 Å². The predicted octanol–water partition coefficient (Wildman–Crippen LogP) is 0.517. The molecule has 1 saturated heterocycles. The van der Waals surface area contributed by atoms with Crippen molar-refractivity contribution < 1.29 is 14.3 Å². The van der Waals surface area contributed by atoms with Crippen molar-refractivity contribution in [2.24, 2.45) is 0 Å². The molecule has 80 valence electrons. The molecule has 14 heavy (non-hydrogen) atoms. The Balaban J connectivity index is 2.44. The van der Waals surface area contributed by atoms with Gasteiger partial charge in [0.05, 0.1) is 0 Å². The highest BCUT2D eigenvalue weighted by Gasteiger charge is 2.31. The highest BCUT2D eigenvalue weighted by atomic mass is 32.1. The molecule has 0 spiro atoms. The number of nitrogens with one attached hydrogen (secondary N) is 1. The molecule has 0 unspecified atom stereocenters. The molecule has 0 radical (unpaired) electrons. The van der Waals surface area contributed by atoms with Crippen LogP contribution in [0.3, 0.4) is 0 Å². The SMILES string of the molecule is CC(C)(S)C(=O)OC(=O)[C@@H]1CCCN1. The Kier molecular flexibility index (Phi) is 3.55. The predicted molar refractivity (Wildman–Crippen MR) is 55.2 cm³/mol. The number of rotatable bonds is 2. The summed E-state index contributed by atoms with van der Waals surface area (Å²) in [5, 5.41) is 2.96. The van der Waals surface area contributed by atoms with E-state index in [4.69, 9.17) is 0 Å². The van der Waals surface area contributed by atoms with E-state index >= 15 is 0 Å². The molecule has 0 aromatic heterocycles. The third kappa shape index (κ3) is 2.99. The van der Waals surface area contributed by atoms with E-state index in [1.54, 1.807) is 13.8 Å². The zero-order valence-electron chi connectivity index (χ0n) is 8.37. The molecule has 0 aliphatic carbocycles. The lowest BCUT2D eigenvalue weighted by Crippen LogP contribution is -2.38. The molecule has 5 heteroatoms. The average molecular weight is 217 g/mol. The summed E-state index contributed by atoms with van der Waals surface area (Å²) in [6, 6.07) is -0.324. The number of hydrogen-bond acceptors (Lipinski definition) is 5. The largest absolute Gasteiger partial charge is 0.391 e. The minimum Gasteiger partial charge on any atom is -0.391 e. The number of carbonyl (C=O) groups excluding carboxylic acids is 2. The number of carbonyl (C=O) groups is 2. The maximum Gasteiger partial charge on any atom is 0.330 e. The van der Waals surface area contributed by atoms with Crippen LogP contribution in [0, 0.1) is 0 Å². The van der Waals surface area contributed by atoms with Crippen LogP contribution < -0.4 is 5.32 Å². The lowest BCUT2D eigenvalue weighted by molar-refractivity contribution is -0.162. The van der Waals surface area contributed by atoms with Crippen molar-refractivity contribution in [1.29, 1.82) is 0 Å². The maximum atomic E-state index is 11.4. The Bertz CT molecular complexity index is 241. The monoisotopic (exact) mass is 217 g/mol. The number of ether oxygens (including phenoxy) is 1. The summed E-state index contributed by atoms with van der Waals surface area (Å²) in [7, 11) is 0. The molecular weight excluding hydrogens is 202 g/mol. The van der Waals surface area contributed by atoms with Crippen molar-refractivity contribution in [3.05, 3.63) is 0 Å². The van der Waals surface area contributed by atoms with Crippen LogP contribution in [-0.4, -0.2) is 29.3 Å². The summed E-state index contributed by atoms with van der Waals surface area (Å²) in [5.41, 5.74) is 0. The fraction of sp³-hybridized carbons (Fsp3) is 0.778. The third-order valence-electron chi connectivity index (χ3n) is 2.04. The molecule has 1 fully saturated rings. The third-order valence-corrected chi connectivity index (χ3v) is 2.22. The van der Waals surface area contributed by atoms with Gasteiger partial charge in [0, 0.05) is 0 Å². The lowest BCUT2D eigenvalue weighted by Gasteiger charge is -2.16. The molecule has 0 aromatic rings. The van der Waals surface area contributed by atoms with E-state index in [-0.39, 0.29) is 6.04 Å². The van der Waals surface area contributed by atoms with E-state index in [9.17, 15) is 9.59 Å². The fourth-order valence-electron chi connectivity index (χ4n) is 1.17. The van der Waals surface area contributed by atoms with Gasteiger partial charge in [-0.3, -0.25) is 4.79 Å². The fourth-order valence-corrected chi connectivity index (χ4v) is 1.22. The van der Waals surface area contributed by atoms with Crippen LogP contribution in [-0.2, 0) is 14.3 Å². The van der Waals surface area contributed by atoms with Crippen molar-refractivity contribution in [2.45, 2.75) is 37.5 Å². The van der Waals surface area contributed by atoms with Gasteiger partial charge >= 0.3 is 11.9 Å². The Labute approximate surface area is 88.8 Å². The maximum absolute atomic E-state index is 11.4. The van der Waals surface area contributed by atoms with Gasteiger partial charge in [-0.2, -0.15) is 12.6 Å². The summed E-state index contributed by atoms with van der Waals surface area (Å²) in [4.78, 5) is 22.6. The molecule has 1 rings (SSSR count). The number of esters is 2. The Hall–Kier alpha value is -0.550. The molecule has 0 aromatic carbocycles. The quantitative estimate of drug-likeness (QED) is 0.402. The van der Waals surface area contributed by atoms with E-state index in [0.717, 1.165) is 19.4 Å². The first-order valence-corrected chi connectivity index (χ1v) is 5.08. The first kappa shape index (κ1) is 11.5. The number of thiol groups is 1. The molecule has 1 heterocycles. The average Bonchev–Trinajstić information content (AvgIpc) is 2.53. The van der Waals surface area contributed by atoms with Gasteiger partial charge < -0.3 is 10.1 Å². The van der Waals surface area contributed by atoms with E-state index in [0.29, 0.717) is 0 Å². The van der Waals surface area contributed by atoms with Crippen LogP contribution in [0.1, 0.15) is 26.7 Å². The molecular formula is C9H15NO3S. The lowest BCUT2D eigenvalue weighted by atomic mass is 10.2. The minimum absolute atomic E-state index is 0.324. The normalized spacial score (nSPS) is 22.1. The standard InChI is InChI=1S/C9H15NO3S/c1-9(2,14)8(12)13-7(11)6-4-3-5-10-6/h6,10,14H,3-5H2,1-2H3/t6-/m0/s1. The van der Waals surface area contributed by atoms with Crippen molar-refractivity contribution in [2.75, 3.05) is 6.54 Å². The van der Waals surface area contributed by atoms with Crippen LogP contribution >= 0.6 is 12.6 Å². The zero-order chi connectivity index (χ0) is 10.8. The summed E-state index contributed by atoms with van der Waals surface area (Å²) >= 11 is 4.02. The summed E-state index contributed by atoms with van der Waals surface area (Å²) in [6.45, 7) is 3.99. The Morgan fingerprint density at radius 3 is 2.57 bits per heavy atom. The van der Waals surface area contributed by atoms with Gasteiger partial charge in [0.25, 0.3) is 0 Å². The van der Waals surface area contributed by atoms with Crippen LogP contribution in [0.4, 0.5) is 0 Å². The van der Waals surface area contributed by atoms with Gasteiger partial charge in [-0.1, -0.05) is 0 Å². The van der Waals surface area contributed by atoms with Gasteiger partial charge in [0.2, 0.25) is 0 Å². The summed E-state index contributed by atoms with van der Waals surface area (Å²) in [5.74, 6) is -1.09. The van der Waals surface area contributed by atoms with Crippen LogP contribution in [0.25, 0.3) is 0 Å². The van der Waals surface area contributed by atoms with Crippen molar-refractivity contribution >= 4 is 24.6 Å². The molecule has 1 aliphatic rings. The Morgan fingerprint density at radius 1 is 1.50 bits per heavy atom. The van der Waals surface area contributed by atoms with Crippen LogP contribution in [0.15, 0.2) is 0 Å². The highest BCUT2D eigenvalue weighted by Crippen LogP contribution is 2.15. The molecule has 0 amide bonds. The smallest absolute Gasteiger partial charge is 0.330 e. The minimum atomic E-state index is -0.922. The zero-order valence-corrected chi connectivity index (χ0v) is 9.27. The van der Waals surface area contributed by atoms with Gasteiger partial charge in [-0.05, 0) is 33.2 Å². The molecule has 1 aliphatic heterocycles. The van der Waals surface area contributed by atoms with Gasteiger partial charge in [-0.15, -0.1) is 0 Å². The number of hydrogen-bond donors (Lipinski definition) is 2. The summed E-state index contributed by atoms with van der Waals surface area (Å²) in [6.07, 6.45) is 1.68. The van der Waals surface area contributed by atoms with Gasteiger partial charge in [0.15, 0.2) is 0 Å². The Morgan fingerprint density at radius 2 is 2.14 bits per heavy atom. The molecule has 1 N–H and O–H groups in total. The van der Waals surface area contributed by atoms with Gasteiger partial charge in [-0.25, -0.2) is 4.79 Å². The van der Waals surface area contributed by atoms with Crippen LogP contribution in [0.2, 0.25) is 0 Å². The second kappa shape index (κ2) is 4.31. The second-order valence-electron chi connectivity index (χ2n) is 3.92. The van der Waals surface area contributed by atoms with Crippen LogP contribution in [0.5, 0.6) is 0 Å². The van der Waals surface area contributed by atoms with Crippen molar-refractivity contribution in [1.82, 2.24) is 5.32 Å². The molecule has 4 nitrogen and oxygen atoms in total. The molecule has 1 atom stereocenters. The van der Waals surface area contributed by atoms with Gasteiger partial charge in [0.1, 0.15) is 10.8 Å². The second-order valence-corrected chi connectivity index (χ2v) is 5.03. The molecule has 0 bridgehead atoms. The first-order valence-electron chi connectivity index (χ1n) is 4.63. The van der Waals surface area contributed by atoms with E-state index < -0.39 is 16.7 Å². The molecule has 0 saturated carbocycles. The van der Waals surface area contributed by atoms with Crippen molar-refractivity contribution in [3.8, 4) is 0 Å². The van der Waals surface area contributed by atoms with E-state index in [1.807, 2.05) is 0 Å². The first-order chi connectivity index (χ1) is 6.41.